The van der Waals surface area contributed by atoms with Gasteiger partial charge in [0.25, 0.3) is 0 Å². The molecule has 1 fully saturated rings. The third kappa shape index (κ3) is 1.93. The van der Waals surface area contributed by atoms with E-state index < -0.39 is 0 Å². The van der Waals surface area contributed by atoms with Crippen LogP contribution in [0.2, 0.25) is 0 Å². The van der Waals surface area contributed by atoms with E-state index in [1.807, 2.05) is 6.92 Å². The van der Waals surface area contributed by atoms with Crippen molar-refractivity contribution in [1.82, 2.24) is 10.2 Å². The molecule has 1 aliphatic heterocycles. The van der Waals surface area contributed by atoms with Crippen molar-refractivity contribution < 1.29 is 14.0 Å². The summed E-state index contributed by atoms with van der Waals surface area (Å²) in [5, 5.41) is 2.58. The number of piperazine rings is 1. The Morgan fingerprint density at radius 3 is 3.00 bits per heavy atom. The van der Waals surface area contributed by atoms with Crippen LogP contribution in [-0.2, 0) is 16.1 Å². The molecule has 0 bridgehead atoms. The Labute approximate surface area is 93.4 Å². The summed E-state index contributed by atoms with van der Waals surface area (Å²) in [5.74, 6) is 0.540. The SMILES string of the molecule is CCC1C(=O)NCC(=O)N1Cc1ccco1. The van der Waals surface area contributed by atoms with Crippen LogP contribution in [0.5, 0.6) is 0 Å². The quantitative estimate of drug-likeness (QED) is 0.810. The highest BCUT2D eigenvalue weighted by molar-refractivity contribution is 5.94. The summed E-state index contributed by atoms with van der Waals surface area (Å²) in [4.78, 5) is 24.8. The molecule has 5 nitrogen and oxygen atoms in total. The number of nitrogens with one attached hydrogen (secondary N) is 1. The zero-order chi connectivity index (χ0) is 11.5. The van der Waals surface area contributed by atoms with Gasteiger partial charge in [0.05, 0.1) is 19.4 Å². The molecule has 1 atom stereocenters. The van der Waals surface area contributed by atoms with Gasteiger partial charge in [0.2, 0.25) is 11.8 Å². The normalized spacial score (nSPS) is 21.1. The summed E-state index contributed by atoms with van der Waals surface area (Å²) in [6, 6.07) is 3.18. The maximum atomic E-state index is 11.7. The molecule has 16 heavy (non-hydrogen) atoms. The third-order valence-corrected chi connectivity index (χ3v) is 2.71. The molecule has 1 aromatic heterocycles. The number of amides is 2. The molecular formula is C11H14N2O3. The number of hydrogen-bond donors (Lipinski definition) is 1. The van der Waals surface area contributed by atoms with Gasteiger partial charge in [0, 0.05) is 0 Å². The number of furan rings is 1. The van der Waals surface area contributed by atoms with Crippen molar-refractivity contribution in [3.8, 4) is 0 Å². The fraction of sp³-hybridized carbons (Fsp3) is 0.455. The standard InChI is InChI=1S/C11H14N2O3/c1-2-9-11(15)12-6-10(14)13(9)7-8-4-3-5-16-8/h3-5,9H,2,6-7H2,1H3,(H,12,15). The van der Waals surface area contributed by atoms with E-state index in [9.17, 15) is 9.59 Å². The Kier molecular flexibility index (Phi) is 2.94. The van der Waals surface area contributed by atoms with Crippen LogP contribution in [0.15, 0.2) is 22.8 Å². The maximum Gasteiger partial charge on any atom is 0.243 e. The molecule has 5 heteroatoms. The van der Waals surface area contributed by atoms with E-state index in [-0.39, 0.29) is 24.4 Å². The fourth-order valence-electron chi connectivity index (χ4n) is 1.87. The van der Waals surface area contributed by atoms with Crippen molar-refractivity contribution in [3.63, 3.8) is 0 Å². The van der Waals surface area contributed by atoms with Crippen LogP contribution >= 0.6 is 0 Å². The summed E-state index contributed by atoms with van der Waals surface area (Å²) in [7, 11) is 0. The molecule has 1 saturated heterocycles. The van der Waals surface area contributed by atoms with Crippen LogP contribution in [0.3, 0.4) is 0 Å². The molecular weight excluding hydrogens is 208 g/mol. The Morgan fingerprint density at radius 2 is 2.38 bits per heavy atom. The Morgan fingerprint density at radius 1 is 1.56 bits per heavy atom. The number of hydrogen-bond acceptors (Lipinski definition) is 3. The molecule has 0 aromatic carbocycles. The second kappa shape index (κ2) is 4.38. The van der Waals surface area contributed by atoms with Crippen molar-refractivity contribution in [3.05, 3.63) is 24.2 Å². The monoisotopic (exact) mass is 222 g/mol. The Balaban J connectivity index is 2.15. The summed E-state index contributed by atoms with van der Waals surface area (Å²) in [5.41, 5.74) is 0. The average molecular weight is 222 g/mol. The molecule has 0 spiro atoms. The smallest absolute Gasteiger partial charge is 0.243 e. The van der Waals surface area contributed by atoms with Gasteiger partial charge in [-0.15, -0.1) is 0 Å². The highest BCUT2D eigenvalue weighted by atomic mass is 16.3. The van der Waals surface area contributed by atoms with Gasteiger partial charge >= 0.3 is 0 Å². The van der Waals surface area contributed by atoms with Crippen molar-refractivity contribution in [1.29, 1.82) is 0 Å². The molecule has 86 valence electrons. The summed E-state index contributed by atoms with van der Waals surface area (Å²) in [6.45, 7) is 2.33. The van der Waals surface area contributed by atoms with Crippen molar-refractivity contribution in [2.45, 2.75) is 25.9 Å². The van der Waals surface area contributed by atoms with Crippen molar-refractivity contribution >= 4 is 11.8 Å². The summed E-state index contributed by atoms with van der Waals surface area (Å²) >= 11 is 0. The molecule has 1 aromatic rings. The van der Waals surface area contributed by atoms with Crippen molar-refractivity contribution in [2.75, 3.05) is 6.54 Å². The third-order valence-electron chi connectivity index (χ3n) is 2.71. The van der Waals surface area contributed by atoms with Crippen LogP contribution in [0.1, 0.15) is 19.1 Å². The number of carbonyl (C=O) groups is 2. The predicted octanol–water partition coefficient (Wildman–Crippen LogP) is 0.517. The van der Waals surface area contributed by atoms with Gasteiger partial charge in [0.1, 0.15) is 11.8 Å². The Hall–Kier alpha value is -1.78. The number of nitrogens with zero attached hydrogens (tertiary/aromatic N) is 1. The van der Waals surface area contributed by atoms with Crippen LogP contribution in [-0.4, -0.2) is 29.3 Å². The first-order valence-corrected chi connectivity index (χ1v) is 5.32. The minimum atomic E-state index is -0.383. The second-order valence-electron chi connectivity index (χ2n) is 3.74. The lowest BCUT2D eigenvalue weighted by atomic mass is 10.1. The van der Waals surface area contributed by atoms with Crippen LogP contribution < -0.4 is 5.32 Å². The maximum absolute atomic E-state index is 11.7. The molecule has 0 aliphatic carbocycles. The molecule has 1 aliphatic rings. The van der Waals surface area contributed by atoms with Crippen molar-refractivity contribution in [2.24, 2.45) is 0 Å². The summed E-state index contributed by atoms with van der Waals surface area (Å²) < 4.78 is 5.19. The molecule has 0 saturated carbocycles. The van der Waals surface area contributed by atoms with Crippen LogP contribution in [0.25, 0.3) is 0 Å². The van der Waals surface area contributed by atoms with Gasteiger partial charge in [-0.05, 0) is 18.6 Å². The Bertz CT molecular complexity index is 386. The highest BCUT2D eigenvalue weighted by Crippen LogP contribution is 2.14. The first-order chi connectivity index (χ1) is 7.72. The van der Waals surface area contributed by atoms with E-state index in [0.29, 0.717) is 18.7 Å². The molecule has 0 radical (unpaired) electrons. The number of carbonyl (C=O) groups excluding carboxylic acids is 2. The average Bonchev–Trinajstić information content (AvgIpc) is 2.77. The lowest BCUT2D eigenvalue weighted by Crippen LogP contribution is -2.57. The molecule has 2 heterocycles. The lowest BCUT2D eigenvalue weighted by molar-refractivity contribution is -0.146. The highest BCUT2D eigenvalue weighted by Gasteiger charge is 2.33. The van der Waals surface area contributed by atoms with E-state index >= 15 is 0 Å². The van der Waals surface area contributed by atoms with Gasteiger partial charge in [0.15, 0.2) is 0 Å². The number of rotatable bonds is 3. The predicted molar refractivity (Wildman–Crippen MR) is 56.3 cm³/mol. The minimum Gasteiger partial charge on any atom is -0.467 e. The van der Waals surface area contributed by atoms with Gasteiger partial charge in [-0.1, -0.05) is 6.92 Å². The molecule has 2 amide bonds. The molecule has 1 N–H and O–H groups in total. The van der Waals surface area contributed by atoms with E-state index in [0.717, 1.165) is 0 Å². The first kappa shape index (κ1) is 10.7. The topological polar surface area (TPSA) is 62.6 Å². The summed E-state index contributed by atoms with van der Waals surface area (Å²) in [6.07, 6.45) is 2.17. The zero-order valence-corrected chi connectivity index (χ0v) is 9.10. The lowest BCUT2D eigenvalue weighted by Gasteiger charge is -2.33. The second-order valence-corrected chi connectivity index (χ2v) is 3.74. The zero-order valence-electron chi connectivity index (χ0n) is 9.10. The molecule has 2 rings (SSSR count). The minimum absolute atomic E-state index is 0.0668. The fourth-order valence-corrected chi connectivity index (χ4v) is 1.87. The molecule has 1 unspecified atom stereocenters. The van der Waals surface area contributed by atoms with Gasteiger partial charge < -0.3 is 14.6 Å². The van der Waals surface area contributed by atoms with Gasteiger partial charge in [-0.25, -0.2) is 0 Å². The largest absolute Gasteiger partial charge is 0.467 e. The van der Waals surface area contributed by atoms with E-state index in [4.69, 9.17) is 4.42 Å². The van der Waals surface area contributed by atoms with E-state index in [2.05, 4.69) is 5.32 Å². The van der Waals surface area contributed by atoms with Crippen LogP contribution in [0.4, 0.5) is 0 Å². The van der Waals surface area contributed by atoms with Gasteiger partial charge in [-0.2, -0.15) is 0 Å². The van der Waals surface area contributed by atoms with E-state index in [1.165, 1.54) is 0 Å². The first-order valence-electron chi connectivity index (χ1n) is 5.32. The van der Waals surface area contributed by atoms with E-state index in [1.54, 1.807) is 23.3 Å². The van der Waals surface area contributed by atoms with Crippen LogP contribution in [0, 0.1) is 0 Å². The van der Waals surface area contributed by atoms with Gasteiger partial charge in [-0.3, -0.25) is 9.59 Å².